The highest BCUT2D eigenvalue weighted by Crippen LogP contribution is 2.11. The Bertz CT molecular complexity index is 345. The van der Waals surface area contributed by atoms with Crippen LogP contribution in [0.2, 0.25) is 0 Å². The highest BCUT2D eigenvalue weighted by molar-refractivity contribution is 5.73. The number of benzene rings is 1. The van der Waals surface area contributed by atoms with Crippen LogP contribution in [0.1, 0.15) is 25.8 Å². The molecular formula is C14H19NO. The van der Waals surface area contributed by atoms with E-state index >= 15 is 0 Å². The van der Waals surface area contributed by atoms with Gasteiger partial charge in [0.05, 0.1) is 0 Å². The summed E-state index contributed by atoms with van der Waals surface area (Å²) in [6.45, 7) is 8.04. The van der Waals surface area contributed by atoms with E-state index in [4.69, 9.17) is 0 Å². The average molecular weight is 217 g/mol. The Morgan fingerprint density at radius 1 is 1.44 bits per heavy atom. The molecule has 16 heavy (non-hydrogen) atoms. The van der Waals surface area contributed by atoms with Crippen molar-refractivity contribution >= 4 is 5.91 Å². The number of nitrogens with zero attached hydrogens (tertiary/aromatic N) is 1. The summed E-state index contributed by atoms with van der Waals surface area (Å²) in [5.74, 6) is 0.109. The van der Waals surface area contributed by atoms with Gasteiger partial charge in [-0.1, -0.05) is 36.4 Å². The van der Waals surface area contributed by atoms with Gasteiger partial charge in [-0.2, -0.15) is 0 Å². The zero-order valence-corrected chi connectivity index (χ0v) is 10.0. The minimum atomic E-state index is 0.109. The first kappa shape index (κ1) is 12.5. The van der Waals surface area contributed by atoms with Crippen molar-refractivity contribution in [1.29, 1.82) is 0 Å². The lowest BCUT2D eigenvalue weighted by Crippen LogP contribution is -2.36. The summed E-state index contributed by atoms with van der Waals surface area (Å²) in [5, 5.41) is 0. The molecule has 2 nitrogen and oxygen atoms in total. The van der Waals surface area contributed by atoms with Gasteiger partial charge < -0.3 is 4.90 Å². The monoisotopic (exact) mass is 217 g/mol. The molecule has 0 radical (unpaired) electrons. The van der Waals surface area contributed by atoms with Crippen molar-refractivity contribution in [3.05, 3.63) is 48.6 Å². The summed E-state index contributed by atoms with van der Waals surface area (Å²) in [4.78, 5) is 13.4. The molecule has 0 saturated carbocycles. The van der Waals surface area contributed by atoms with Gasteiger partial charge in [0, 0.05) is 19.5 Å². The van der Waals surface area contributed by atoms with Crippen LogP contribution in [0.15, 0.2) is 43.0 Å². The molecule has 0 spiro atoms. The van der Waals surface area contributed by atoms with Crippen LogP contribution in [0.4, 0.5) is 0 Å². The molecule has 0 bridgehead atoms. The quantitative estimate of drug-likeness (QED) is 0.694. The maximum atomic E-state index is 11.6. The van der Waals surface area contributed by atoms with E-state index in [-0.39, 0.29) is 11.9 Å². The fraction of sp³-hybridized carbons (Fsp3) is 0.357. The first-order valence-corrected chi connectivity index (χ1v) is 5.57. The summed E-state index contributed by atoms with van der Waals surface area (Å²) < 4.78 is 0. The van der Waals surface area contributed by atoms with Gasteiger partial charge in [-0.05, 0) is 18.9 Å². The van der Waals surface area contributed by atoms with Crippen molar-refractivity contribution in [3.63, 3.8) is 0 Å². The lowest BCUT2D eigenvalue weighted by atomic mass is 10.1. The van der Waals surface area contributed by atoms with E-state index in [9.17, 15) is 4.79 Å². The Morgan fingerprint density at radius 2 is 2.06 bits per heavy atom. The summed E-state index contributed by atoms with van der Waals surface area (Å²) in [6.07, 6.45) is 2.68. The molecule has 0 saturated heterocycles. The summed E-state index contributed by atoms with van der Waals surface area (Å²) in [6, 6.07) is 10.2. The topological polar surface area (TPSA) is 20.3 Å². The molecule has 1 amide bonds. The van der Waals surface area contributed by atoms with E-state index in [0.29, 0.717) is 6.54 Å². The normalized spacial score (nSPS) is 11.9. The third-order valence-corrected chi connectivity index (χ3v) is 2.64. The third kappa shape index (κ3) is 3.54. The summed E-state index contributed by atoms with van der Waals surface area (Å²) >= 11 is 0. The first-order chi connectivity index (χ1) is 7.65. The van der Waals surface area contributed by atoms with Gasteiger partial charge in [-0.25, -0.2) is 0 Å². The molecule has 0 aliphatic rings. The average Bonchev–Trinajstić information content (AvgIpc) is 2.27. The molecule has 1 aromatic carbocycles. The first-order valence-electron chi connectivity index (χ1n) is 5.57. The van der Waals surface area contributed by atoms with Crippen LogP contribution < -0.4 is 0 Å². The molecule has 1 rings (SSSR count). The largest absolute Gasteiger partial charge is 0.336 e. The van der Waals surface area contributed by atoms with Crippen LogP contribution in [0.5, 0.6) is 0 Å². The minimum Gasteiger partial charge on any atom is -0.336 e. The minimum absolute atomic E-state index is 0.109. The molecule has 86 valence electrons. The number of rotatable bonds is 5. The van der Waals surface area contributed by atoms with E-state index in [2.05, 4.69) is 6.58 Å². The van der Waals surface area contributed by atoms with Gasteiger partial charge in [-0.3, -0.25) is 4.79 Å². The fourth-order valence-corrected chi connectivity index (χ4v) is 1.73. The van der Waals surface area contributed by atoms with Crippen molar-refractivity contribution in [2.24, 2.45) is 0 Å². The van der Waals surface area contributed by atoms with Crippen molar-refractivity contribution < 1.29 is 4.79 Å². The van der Waals surface area contributed by atoms with Crippen molar-refractivity contribution in [2.45, 2.75) is 32.9 Å². The molecular weight excluding hydrogens is 198 g/mol. The number of carbonyl (C=O) groups excluding carboxylic acids is 1. The second-order valence-electron chi connectivity index (χ2n) is 4.01. The van der Waals surface area contributed by atoms with Crippen LogP contribution in [0, 0.1) is 0 Å². The standard InChI is InChI=1S/C14H19NO/c1-4-8-12(2)15(13(3)16)11-14-9-6-5-7-10-14/h4-7,9-10,12H,1,8,11H2,2-3H3. The summed E-state index contributed by atoms with van der Waals surface area (Å²) in [5.41, 5.74) is 1.16. The Kier molecular flexibility index (Phi) is 4.77. The van der Waals surface area contributed by atoms with Gasteiger partial charge in [-0.15, -0.1) is 6.58 Å². The second kappa shape index (κ2) is 6.11. The predicted molar refractivity (Wildman–Crippen MR) is 66.9 cm³/mol. The number of hydrogen-bond acceptors (Lipinski definition) is 1. The van der Waals surface area contributed by atoms with Crippen molar-refractivity contribution in [1.82, 2.24) is 4.90 Å². The maximum absolute atomic E-state index is 11.6. The molecule has 0 aromatic heterocycles. The van der Waals surface area contributed by atoms with Crippen molar-refractivity contribution in [2.75, 3.05) is 0 Å². The number of hydrogen-bond donors (Lipinski definition) is 0. The zero-order chi connectivity index (χ0) is 12.0. The SMILES string of the molecule is C=CCC(C)N(Cc1ccccc1)C(C)=O. The van der Waals surface area contributed by atoms with Gasteiger partial charge in [0.15, 0.2) is 0 Å². The van der Waals surface area contributed by atoms with Gasteiger partial charge in [0.2, 0.25) is 5.91 Å². The van der Waals surface area contributed by atoms with Crippen LogP contribution in [-0.2, 0) is 11.3 Å². The Balaban J connectivity index is 2.72. The molecule has 0 aliphatic carbocycles. The highest BCUT2D eigenvalue weighted by Gasteiger charge is 2.15. The fourth-order valence-electron chi connectivity index (χ4n) is 1.73. The van der Waals surface area contributed by atoms with Crippen molar-refractivity contribution in [3.8, 4) is 0 Å². The number of carbonyl (C=O) groups is 1. The van der Waals surface area contributed by atoms with E-state index in [1.54, 1.807) is 6.92 Å². The number of amides is 1. The van der Waals surface area contributed by atoms with E-state index < -0.39 is 0 Å². The molecule has 1 atom stereocenters. The van der Waals surface area contributed by atoms with Gasteiger partial charge in [0.1, 0.15) is 0 Å². The van der Waals surface area contributed by atoms with E-state index in [1.807, 2.05) is 48.2 Å². The van der Waals surface area contributed by atoms with E-state index in [0.717, 1.165) is 12.0 Å². The molecule has 2 heteroatoms. The Labute approximate surface area is 97.6 Å². The van der Waals surface area contributed by atoms with E-state index in [1.165, 1.54) is 0 Å². The Morgan fingerprint density at radius 3 is 2.56 bits per heavy atom. The lowest BCUT2D eigenvalue weighted by molar-refractivity contribution is -0.131. The lowest BCUT2D eigenvalue weighted by Gasteiger charge is -2.27. The maximum Gasteiger partial charge on any atom is 0.219 e. The molecule has 1 aromatic rings. The molecule has 1 unspecified atom stereocenters. The Hall–Kier alpha value is -1.57. The van der Waals surface area contributed by atoms with Gasteiger partial charge in [0.25, 0.3) is 0 Å². The molecule has 0 aliphatic heterocycles. The predicted octanol–water partition coefficient (Wildman–Crippen LogP) is 3.00. The summed E-state index contributed by atoms with van der Waals surface area (Å²) in [7, 11) is 0. The van der Waals surface area contributed by atoms with Crippen LogP contribution in [0.3, 0.4) is 0 Å². The highest BCUT2D eigenvalue weighted by atomic mass is 16.2. The van der Waals surface area contributed by atoms with Crippen LogP contribution in [0.25, 0.3) is 0 Å². The molecule has 0 fully saturated rings. The van der Waals surface area contributed by atoms with Crippen LogP contribution in [-0.4, -0.2) is 16.8 Å². The van der Waals surface area contributed by atoms with Gasteiger partial charge >= 0.3 is 0 Å². The molecule has 0 heterocycles. The second-order valence-corrected chi connectivity index (χ2v) is 4.01. The molecule has 0 N–H and O–H groups in total. The van der Waals surface area contributed by atoms with Crippen LogP contribution >= 0.6 is 0 Å². The third-order valence-electron chi connectivity index (χ3n) is 2.64. The smallest absolute Gasteiger partial charge is 0.219 e. The zero-order valence-electron chi connectivity index (χ0n) is 10.0.